The number of carbonyl (C=O) groups is 1. The van der Waals surface area contributed by atoms with Crippen molar-refractivity contribution >= 4 is 13.4 Å². The zero-order valence-corrected chi connectivity index (χ0v) is 9.83. The van der Waals surface area contributed by atoms with E-state index < -0.39 is 25.4 Å². The van der Waals surface area contributed by atoms with Gasteiger partial charge in [0.1, 0.15) is 6.16 Å². The van der Waals surface area contributed by atoms with Crippen LogP contribution in [-0.4, -0.2) is 21.7 Å². The second-order valence-corrected chi connectivity index (χ2v) is 5.80. The van der Waals surface area contributed by atoms with E-state index in [2.05, 4.69) is 0 Å². The SMILES string of the molecule is O=C(CP(=O)(O)O)/C(F)=C/C1CCCCC1. The van der Waals surface area contributed by atoms with Gasteiger partial charge < -0.3 is 9.79 Å². The zero-order chi connectivity index (χ0) is 12.2. The van der Waals surface area contributed by atoms with Crippen LogP contribution in [0.1, 0.15) is 32.1 Å². The Kier molecular flexibility index (Phi) is 4.84. The van der Waals surface area contributed by atoms with Crippen LogP contribution in [0.5, 0.6) is 0 Å². The highest BCUT2D eigenvalue weighted by atomic mass is 31.2. The van der Waals surface area contributed by atoms with Crippen molar-refractivity contribution in [3.05, 3.63) is 11.9 Å². The number of hydrogen-bond donors (Lipinski definition) is 2. The topological polar surface area (TPSA) is 74.6 Å². The Morgan fingerprint density at radius 3 is 2.38 bits per heavy atom. The molecule has 6 heteroatoms. The van der Waals surface area contributed by atoms with Crippen molar-refractivity contribution in [2.45, 2.75) is 32.1 Å². The number of halogens is 1. The molecule has 1 fully saturated rings. The molecule has 0 aromatic heterocycles. The van der Waals surface area contributed by atoms with Crippen molar-refractivity contribution in [2.75, 3.05) is 6.16 Å². The number of allylic oxidation sites excluding steroid dienone is 2. The zero-order valence-electron chi connectivity index (χ0n) is 8.93. The molecule has 0 spiro atoms. The molecule has 0 radical (unpaired) electrons. The van der Waals surface area contributed by atoms with E-state index in [9.17, 15) is 13.8 Å². The first-order valence-corrected chi connectivity index (χ1v) is 7.13. The van der Waals surface area contributed by atoms with Gasteiger partial charge in [0.25, 0.3) is 0 Å². The van der Waals surface area contributed by atoms with Gasteiger partial charge in [-0.2, -0.15) is 0 Å². The van der Waals surface area contributed by atoms with Gasteiger partial charge in [-0.25, -0.2) is 4.39 Å². The molecule has 0 aromatic rings. The van der Waals surface area contributed by atoms with Gasteiger partial charge in [0.05, 0.1) is 0 Å². The fraction of sp³-hybridized carbons (Fsp3) is 0.700. The van der Waals surface area contributed by atoms with E-state index in [1.807, 2.05) is 0 Å². The molecular weight excluding hydrogens is 234 g/mol. The largest absolute Gasteiger partial charge is 0.333 e. The van der Waals surface area contributed by atoms with E-state index in [0.29, 0.717) is 0 Å². The summed E-state index contributed by atoms with van der Waals surface area (Å²) in [7, 11) is -4.46. The van der Waals surface area contributed by atoms with Gasteiger partial charge in [-0.05, 0) is 24.8 Å². The number of ketones is 1. The molecule has 0 atom stereocenters. The maximum Gasteiger partial charge on any atom is 0.333 e. The predicted octanol–water partition coefficient (Wildman–Crippen LogP) is 2.17. The van der Waals surface area contributed by atoms with E-state index in [-0.39, 0.29) is 5.92 Å². The Morgan fingerprint density at radius 1 is 1.31 bits per heavy atom. The van der Waals surface area contributed by atoms with Gasteiger partial charge in [-0.15, -0.1) is 0 Å². The molecule has 4 nitrogen and oxygen atoms in total. The van der Waals surface area contributed by atoms with Crippen molar-refractivity contribution in [1.82, 2.24) is 0 Å². The highest BCUT2D eigenvalue weighted by molar-refractivity contribution is 7.52. The number of carbonyl (C=O) groups excluding carboxylic acids is 1. The molecular formula is C10H16FO4P. The number of Topliss-reactive ketones (excluding diaryl/α,β-unsaturated/α-hetero) is 1. The minimum absolute atomic E-state index is 0.0365. The van der Waals surface area contributed by atoms with Crippen LogP contribution in [0.15, 0.2) is 11.9 Å². The second kappa shape index (κ2) is 5.71. The van der Waals surface area contributed by atoms with E-state index >= 15 is 0 Å². The normalized spacial score (nSPS) is 19.8. The molecule has 0 amide bonds. The summed E-state index contributed by atoms with van der Waals surface area (Å²) in [6.45, 7) is 0. The first-order chi connectivity index (χ1) is 7.38. The number of hydrogen-bond acceptors (Lipinski definition) is 2. The molecule has 0 heterocycles. The van der Waals surface area contributed by atoms with Crippen LogP contribution in [0.25, 0.3) is 0 Å². The van der Waals surface area contributed by atoms with Crippen molar-refractivity contribution in [2.24, 2.45) is 5.92 Å². The highest BCUT2D eigenvalue weighted by Crippen LogP contribution is 2.35. The molecule has 92 valence electrons. The Hall–Kier alpha value is -0.510. The molecule has 1 saturated carbocycles. The molecule has 0 bridgehead atoms. The van der Waals surface area contributed by atoms with Gasteiger partial charge in [-0.3, -0.25) is 9.36 Å². The summed E-state index contributed by atoms with van der Waals surface area (Å²) in [5.41, 5.74) is 0. The Bertz CT molecular complexity index is 328. The fourth-order valence-corrected chi connectivity index (χ4v) is 2.39. The summed E-state index contributed by atoms with van der Waals surface area (Å²) in [5, 5.41) is 0. The molecule has 1 aliphatic rings. The second-order valence-electron chi connectivity index (χ2n) is 4.16. The van der Waals surface area contributed by atoms with Gasteiger partial charge in [0.15, 0.2) is 5.83 Å². The smallest absolute Gasteiger partial charge is 0.324 e. The molecule has 16 heavy (non-hydrogen) atoms. The quantitative estimate of drug-likeness (QED) is 0.592. The summed E-state index contributed by atoms with van der Waals surface area (Å²) in [6, 6.07) is 0. The van der Waals surface area contributed by atoms with Crippen molar-refractivity contribution in [3.63, 3.8) is 0 Å². The van der Waals surface area contributed by atoms with Crippen molar-refractivity contribution < 1.29 is 23.5 Å². The molecule has 0 aliphatic heterocycles. The third-order valence-corrected chi connectivity index (χ3v) is 3.35. The van der Waals surface area contributed by atoms with Crippen LogP contribution >= 0.6 is 7.60 Å². The minimum atomic E-state index is -4.46. The van der Waals surface area contributed by atoms with Crippen LogP contribution in [0.3, 0.4) is 0 Å². The lowest BCUT2D eigenvalue weighted by Gasteiger charge is -2.17. The maximum absolute atomic E-state index is 13.3. The van der Waals surface area contributed by atoms with E-state index in [4.69, 9.17) is 9.79 Å². The average molecular weight is 250 g/mol. The Labute approximate surface area is 93.7 Å². The molecule has 2 N–H and O–H groups in total. The molecule has 0 unspecified atom stereocenters. The molecule has 1 aliphatic carbocycles. The molecule has 0 aromatic carbocycles. The van der Waals surface area contributed by atoms with E-state index in [1.165, 1.54) is 6.08 Å². The van der Waals surface area contributed by atoms with Gasteiger partial charge >= 0.3 is 7.60 Å². The Morgan fingerprint density at radius 2 is 1.88 bits per heavy atom. The van der Waals surface area contributed by atoms with Gasteiger partial charge in [0, 0.05) is 0 Å². The van der Waals surface area contributed by atoms with Gasteiger partial charge in [0.2, 0.25) is 5.78 Å². The molecule has 1 rings (SSSR count). The third-order valence-electron chi connectivity index (χ3n) is 2.65. The van der Waals surface area contributed by atoms with Crippen molar-refractivity contribution in [1.29, 1.82) is 0 Å². The number of rotatable bonds is 4. The summed E-state index contributed by atoms with van der Waals surface area (Å²) in [6.07, 6.45) is 5.02. The third kappa shape index (κ3) is 5.01. The first-order valence-electron chi connectivity index (χ1n) is 5.33. The van der Waals surface area contributed by atoms with Crippen LogP contribution in [-0.2, 0) is 9.36 Å². The fourth-order valence-electron chi connectivity index (χ4n) is 1.86. The van der Waals surface area contributed by atoms with Crippen molar-refractivity contribution in [3.8, 4) is 0 Å². The summed E-state index contributed by atoms with van der Waals surface area (Å²) >= 11 is 0. The molecule has 0 saturated heterocycles. The summed E-state index contributed by atoms with van der Waals surface area (Å²) in [5.74, 6) is -2.07. The van der Waals surface area contributed by atoms with Crippen LogP contribution in [0.4, 0.5) is 4.39 Å². The van der Waals surface area contributed by atoms with E-state index in [1.54, 1.807) is 0 Å². The monoisotopic (exact) mass is 250 g/mol. The van der Waals surface area contributed by atoms with Gasteiger partial charge in [-0.1, -0.05) is 19.3 Å². The lowest BCUT2D eigenvalue weighted by atomic mass is 9.89. The summed E-state index contributed by atoms with van der Waals surface area (Å²) in [4.78, 5) is 28.2. The lowest BCUT2D eigenvalue weighted by Crippen LogP contribution is -2.09. The van der Waals surface area contributed by atoms with Crippen LogP contribution in [0.2, 0.25) is 0 Å². The predicted molar refractivity (Wildman–Crippen MR) is 57.7 cm³/mol. The van der Waals surface area contributed by atoms with Crippen LogP contribution < -0.4 is 0 Å². The average Bonchev–Trinajstić information content (AvgIpc) is 2.16. The minimum Gasteiger partial charge on any atom is -0.324 e. The van der Waals surface area contributed by atoms with Crippen LogP contribution in [0, 0.1) is 5.92 Å². The summed E-state index contributed by atoms with van der Waals surface area (Å²) < 4.78 is 23.8. The first kappa shape index (κ1) is 13.6. The maximum atomic E-state index is 13.3. The standard InChI is InChI=1S/C10H16FO4P/c11-9(10(12)7-16(13,14)15)6-8-4-2-1-3-5-8/h6,8H,1-5,7H2,(H2,13,14,15)/b9-6-. The Balaban J connectivity index is 2.54. The lowest BCUT2D eigenvalue weighted by molar-refractivity contribution is -0.114. The van der Waals surface area contributed by atoms with E-state index in [0.717, 1.165) is 32.1 Å². The highest BCUT2D eigenvalue weighted by Gasteiger charge is 2.23.